The van der Waals surface area contributed by atoms with E-state index in [0.717, 1.165) is 35.6 Å². The van der Waals surface area contributed by atoms with E-state index in [4.69, 9.17) is 0 Å². The highest BCUT2D eigenvalue weighted by Crippen LogP contribution is 2.24. The summed E-state index contributed by atoms with van der Waals surface area (Å²) < 4.78 is 27.2. The number of hydrogen-bond acceptors (Lipinski definition) is 5. The van der Waals surface area contributed by atoms with Crippen LogP contribution >= 0.6 is 0 Å². The van der Waals surface area contributed by atoms with E-state index in [1.165, 1.54) is 14.9 Å². The van der Waals surface area contributed by atoms with E-state index < -0.39 is 10.2 Å². The molecular weight excluding hydrogens is 328 g/mol. The van der Waals surface area contributed by atoms with Crippen LogP contribution in [0.3, 0.4) is 0 Å². The number of nitrogens with one attached hydrogen (secondary N) is 1. The van der Waals surface area contributed by atoms with Crippen molar-refractivity contribution in [2.45, 2.75) is 19.8 Å². The maximum atomic E-state index is 12.2. The molecule has 0 saturated carbocycles. The molecular formula is C15H22N6O2S. The van der Waals surface area contributed by atoms with E-state index in [1.807, 2.05) is 19.1 Å². The quantitative estimate of drug-likeness (QED) is 0.862. The molecule has 0 bridgehead atoms. The predicted octanol–water partition coefficient (Wildman–Crippen LogP) is 0.846. The molecule has 0 radical (unpaired) electrons. The predicted molar refractivity (Wildman–Crippen MR) is 90.3 cm³/mol. The number of rotatable bonds is 5. The highest BCUT2D eigenvalue weighted by molar-refractivity contribution is 7.86. The van der Waals surface area contributed by atoms with Crippen LogP contribution in [0.4, 0.5) is 0 Å². The Morgan fingerprint density at radius 3 is 2.75 bits per heavy atom. The smallest absolute Gasteiger partial charge is 0.281 e. The van der Waals surface area contributed by atoms with Crippen LogP contribution < -0.4 is 0 Å². The normalized spacial score (nSPS) is 19.2. The first-order valence-electron chi connectivity index (χ1n) is 7.87. The van der Waals surface area contributed by atoms with Gasteiger partial charge in [-0.3, -0.25) is 5.10 Å². The topological polar surface area (TPSA) is 95.1 Å². The first-order chi connectivity index (χ1) is 11.4. The van der Waals surface area contributed by atoms with E-state index in [0.29, 0.717) is 13.1 Å². The molecule has 2 aromatic heterocycles. The van der Waals surface area contributed by atoms with Crippen molar-refractivity contribution in [3.05, 3.63) is 29.8 Å². The molecule has 8 nitrogen and oxygen atoms in total. The van der Waals surface area contributed by atoms with Crippen molar-refractivity contribution in [2.24, 2.45) is 5.92 Å². The van der Waals surface area contributed by atoms with Crippen molar-refractivity contribution in [2.75, 3.05) is 27.2 Å². The summed E-state index contributed by atoms with van der Waals surface area (Å²) >= 11 is 0. The average Bonchev–Trinajstić information content (AvgIpc) is 3.17. The highest BCUT2D eigenvalue weighted by atomic mass is 32.2. The van der Waals surface area contributed by atoms with Crippen LogP contribution in [0.25, 0.3) is 11.4 Å². The Labute approximate surface area is 142 Å². The van der Waals surface area contributed by atoms with Crippen molar-refractivity contribution < 1.29 is 8.42 Å². The molecule has 0 unspecified atom stereocenters. The molecule has 2 aromatic rings. The molecule has 3 rings (SSSR count). The minimum Gasteiger partial charge on any atom is -0.282 e. The summed E-state index contributed by atoms with van der Waals surface area (Å²) in [7, 11) is -0.209. The molecule has 0 spiro atoms. The molecule has 0 aromatic carbocycles. The maximum absolute atomic E-state index is 12.2. The van der Waals surface area contributed by atoms with Gasteiger partial charge in [-0.15, -0.1) is 0 Å². The van der Waals surface area contributed by atoms with Crippen molar-refractivity contribution in [3.63, 3.8) is 0 Å². The largest absolute Gasteiger partial charge is 0.282 e. The van der Waals surface area contributed by atoms with Gasteiger partial charge >= 0.3 is 0 Å². The number of H-pyrrole nitrogens is 1. The Morgan fingerprint density at radius 1 is 1.29 bits per heavy atom. The number of hydrogen-bond donors (Lipinski definition) is 1. The van der Waals surface area contributed by atoms with Crippen LogP contribution in [0.2, 0.25) is 0 Å². The summed E-state index contributed by atoms with van der Waals surface area (Å²) in [5.41, 5.74) is 3.46. The van der Waals surface area contributed by atoms with E-state index in [9.17, 15) is 8.42 Å². The standard InChI is InChI=1S/C15H22N6O2S/c1-11-6-15(19-18-11)14-8-13(16-10-17-14)7-12-4-5-21(9-12)24(22,23)20(2)3/h6,8,10,12H,4-5,7,9H2,1-3H3,(H,18,19)/t12-/m0/s1. The molecule has 1 saturated heterocycles. The van der Waals surface area contributed by atoms with Gasteiger partial charge in [0.15, 0.2) is 0 Å². The lowest BCUT2D eigenvalue weighted by molar-refractivity contribution is 0.409. The van der Waals surface area contributed by atoms with Gasteiger partial charge in [0.25, 0.3) is 10.2 Å². The molecule has 130 valence electrons. The SMILES string of the molecule is Cc1cc(-c2cc(C[C@@H]3CCN(S(=O)(=O)N(C)C)C3)ncn2)n[nH]1. The molecule has 0 amide bonds. The Bertz CT molecular complexity index is 817. The van der Waals surface area contributed by atoms with Crippen molar-refractivity contribution in [1.29, 1.82) is 0 Å². The number of aromatic nitrogens is 4. The fourth-order valence-electron chi connectivity index (χ4n) is 2.90. The molecule has 1 aliphatic heterocycles. The summed E-state index contributed by atoms with van der Waals surface area (Å²) in [5.74, 6) is 0.267. The van der Waals surface area contributed by atoms with Crippen LogP contribution in [-0.4, -0.2) is 64.4 Å². The Kier molecular flexibility index (Phi) is 4.66. The maximum Gasteiger partial charge on any atom is 0.281 e. The third-order valence-corrected chi connectivity index (χ3v) is 6.13. The van der Waals surface area contributed by atoms with E-state index >= 15 is 0 Å². The Hall–Kier alpha value is -1.84. The minimum atomic E-state index is -3.33. The minimum absolute atomic E-state index is 0.267. The van der Waals surface area contributed by atoms with Crippen molar-refractivity contribution in [3.8, 4) is 11.4 Å². The van der Waals surface area contributed by atoms with Gasteiger partial charge in [-0.2, -0.15) is 22.1 Å². The third-order valence-electron chi connectivity index (χ3n) is 4.23. The van der Waals surface area contributed by atoms with Crippen LogP contribution in [0.15, 0.2) is 18.5 Å². The zero-order valence-electron chi connectivity index (χ0n) is 14.1. The molecule has 1 aliphatic rings. The second-order valence-corrected chi connectivity index (χ2v) is 8.48. The van der Waals surface area contributed by atoms with Gasteiger partial charge in [-0.05, 0) is 37.8 Å². The zero-order valence-corrected chi connectivity index (χ0v) is 14.9. The lowest BCUT2D eigenvalue weighted by Gasteiger charge is -2.20. The van der Waals surface area contributed by atoms with E-state index in [1.54, 1.807) is 14.1 Å². The van der Waals surface area contributed by atoms with Gasteiger partial charge in [-0.1, -0.05) is 0 Å². The van der Waals surface area contributed by atoms with Gasteiger partial charge < -0.3 is 0 Å². The van der Waals surface area contributed by atoms with Crippen molar-refractivity contribution >= 4 is 10.2 Å². The Balaban J connectivity index is 1.69. The van der Waals surface area contributed by atoms with Crippen LogP contribution in [0.1, 0.15) is 17.8 Å². The summed E-state index contributed by atoms with van der Waals surface area (Å²) in [4.78, 5) is 8.60. The van der Waals surface area contributed by atoms with Gasteiger partial charge in [0.1, 0.15) is 12.0 Å². The highest BCUT2D eigenvalue weighted by Gasteiger charge is 2.32. The molecule has 0 aliphatic carbocycles. The second-order valence-electron chi connectivity index (χ2n) is 6.34. The van der Waals surface area contributed by atoms with Gasteiger partial charge in [0.05, 0.1) is 5.69 Å². The fourth-order valence-corrected chi connectivity index (χ4v) is 4.10. The summed E-state index contributed by atoms with van der Waals surface area (Å²) in [6, 6.07) is 3.87. The van der Waals surface area contributed by atoms with Crippen LogP contribution in [-0.2, 0) is 16.6 Å². The fraction of sp³-hybridized carbons (Fsp3) is 0.533. The number of aryl methyl sites for hydroxylation is 1. The van der Waals surface area contributed by atoms with Crippen molar-refractivity contribution in [1.82, 2.24) is 28.8 Å². The zero-order chi connectivity index (χ0) is 17.3. The van der Waals surface area contributed by atoms with Crippen LogP contribution in [0.5, 0.6) is 0 Å². The third kappa shape index (κ3) is 3.47. The van der Waals surface area contributed by atoms with E-state index in [-0.39, 0.29) is 5.92 Å². The molecule has 3 heterocycles. The Morgan fingerprint density at radius 2 is 2.08 bits per heavy atom. The lowest BCUT2D eigenvalue weighted by Crippen LogP contribution is -2.38. The summed E-state index contributed by atoms with van der Waals surface area (Å²) in [6.45, 7) is 3.03. The summed E-state index contributed by atoms with van der Waals surface area (Å²) in [6.07, 6.45) is 3.12. The van der Waals surface area contributed by atoms with Crippen LogP contribution in [0, 0.1) is 12.8 Å². The monoisotopic (exact) mass is 350 g/mol. The lowest BCUT2D eigenvalue weighted by atomic mass is 10.0. The summed E-state index contributed by atoms with van der Waals surface area (Å²) in [5, 5.41) is 7.12. The number of aromatic amines is 1. The first-order valence-corrected chi connectivity index (χ1v) is 9.27. The van der Waals surface area contributed by atoms with Gasteiger partial charge in [0, 0.05) is 38.6 Å². The van der Waals surface area contributed by atoms with Gasteiger partial charge in [0.2, 0.25) is 0 Å². The molecule has 9 heteroatoms. The molecule has 1 atom stereocenters. The molecule has 1 N–H and O–H groups in total. The van der Waals surface area contributed by atoms with E-state index in [2.05, 4.69) is 20.2 Å². The van der Waals surface area contributed by atoms with Gasteiger partial charge in [-0.25, -0.2) is 9.97 Å². The molecule has 1 fully saturated rings. The first kappa shape index (κ1) is 17.0. The average molecular weight is 350 g/mol. The second kappa shape index (κ2) is 6.58. The molecule has 24 heavy (non-hydrogen) atoms. The number of nitrogens with zero attached hydrogens (tertiary/aromatic N) is 5.